The number of nitrogens with one attached hydrogen (secondary N) is 1. The molecule has 1 amide bonds. The molecule has 1 aliphatic rings. The molecule has 0 fully saturated rings. The van der Waals surface area contributed by atoms with Crippen molar-refractivity contribution in [3.63, 3.8) is 0 Å². The van der Waals surface area contributed by atoms with Crippen molar-refractivity contribution in [2.45, 2.75) is 6.54 Å². The summed E-state index contributed by atoms with van der Waals surface area (Å²) in [6.45, 7) is 0.858. The van der Waals surface area contributed by atoms with E-state index in [0.717, 1.165) is 5.56 Å². The zero-order valence-electron chi connectivity index (χ0n) is 15.9. The number of benzene rings is 2. The van der Waals surface area contributed by atoms with Crippen LogP contribution in [0.15, 0.2) is 71.8 Å². The van der Waals surface area contributed by atoms with E-state index in [1.54, 1.807) is 36.7 Å². The first-order chi connectivity index (χ1) is 14.7. The van der Waals surface area contributed by atoms with Gasteiger partial charge in [0.05, 0.1) is 5.69 Å². The molecule has 1 aliphatic heterocycles. The van der Waals surface area contributed by atoms with Gasteiger partial charge in [0.1, 0.15) is 25.3 Å². The lowest BCUT2D eigenvalue weighted by molar-refractivity contribution is -0.116. The van der Waals surface area contributed by atoms with Gasteiger partial charge < -0.3 is 19.4 Å². The van der Waals surface area contributed by atoms with Crippen molar-refractivity contribution in [2.24, 2.45) is 0 Å². The topological polar surface area (TPSA) is 86.9 Å². The third-order valence-corrected chi connectivity index (χ3v) is 4.81. The van der Waals surface area contributed by atoms with Gasteiger partial charge in [0.25, 0.3) is 5.56 Å². The molecule has 0 saturated heterocycles. The van der Waals surface area contributed by atoms with Crippen LogP contribution < -0.4 is 20.3 Å². The number of carbonyl (C=O) groups excluding carboxylic acids is 1. The van der Waals surface area contributed by atoms with Crippen molar-refractivity contribution in [2.75, 3.05) is 18.5 Å². The van der Waals surface area contributed by atoms with E-state index in [9.17, 15) is 9.59 Å². The third kappa shape index (κ3) is 3.39. The smallest absolute Gasteiger partial charge is 0.277 e. The Morgan fingerprint density at radius 2 is 1.80 bits per heavy atom. The minimum Gasteiger partial charge on any atom is -0.486 e. The quantitative estimate of drug-likeness (QED) is 0.567. The normalized spacial score (nSPS) is 12.7. The van der Waals surface area contributed by atoms with Gasteiger partial charge in [0.2, 0.25) is 5.91 Å². The van der Waals surface area contributed by atoms with Crippen molar-refractivity contribution in [3.05, 3.63) is 77.3 Å². The Hall–Kier alpha value is -4.07. The molecule has 8 heteroatoms. The van der Waals surface area contributed by atoms with Gasteiger partial charge >= 0.3 is 0 Å². The summed E-state index contributed by atoms with van der Waals surface area (Å²) in [6, 6.07) is 16.5. The van der Waals surface area contributed by atoms with E-state index >= 15 is 0 Å². The Morgan fingerprint density at radius 3 is 2.63 bits per heavy atom. The van der Waals surface area contributed by atoms with Crippen LogP contribution in [-0.2, 0) is 11.3 Å². The molecular weight excluding hydrogens is 384 g/mol. The average molecular weight is 402 g/mol. The van der Waals surface area contributed by atoms with Crippen LogP contribution in [0.4, 0.5) is 5.69 Å². The summed E-state index contributed by atoms with van der Waals surface area (Å²) < 4.78 is 13.9. The van der Waals surface area contributed by atoms with Crippen molar-refractivity contribution < 1.29 is 14.3 Å². The summed E-state index contributed by atoms with van der Waals surface area (Å²) >= 11 is 0. The van der Waals surface area contributed by atoms with Gasteiger partial charge in [-0.15, -0.1) is 0 Å². The van der Waals surface area contributed by atoms with Crippen LogP contribution in [-0.4, -0.2) is 33.3 Å². The van der Waals surface area contributed by atoms with Gasteiger partial charge in [-0.2, -0.15) is 5.10 Å². The molecule has 1 N–H and O–H groups in total. The molecule has 2 aromatic heterocycles. The van der Waals surface area contributed by atoms with E-state index in [1.165, 1.54) is 9.08 Å². The highest BCUT2D eigenvalue weighted by atomic mass is 16.6. The van der Waals surface area contributed by atoms with E-state index < -0.39 is 0 Å². The first-order valence-corrected chi connectivity index (χ1v) is 9.51. The number of hydrogen-bond acceptors (Lipinski definition) is 5. The van der Waals surface area contributed by atoms with Crippen LogP contribution in [0.3, 0.4) is 0 Å². The number of rotatable bonds is 4. The Balaban J connectivity index is 1.36. The first kappa shape index (κ1) is 18.0. The molecule has 0 spiro atoms. The first-order valence-electron chi connectivity index (χ1n) is 9.51. The molecule has 5 rings (SSSR count). The van der Waals surface area contributed by atoms with Crippen molar-refractivity contribution >= 4 is 17.1 Å². The van der Waals surface area contributed by atoms with Crippen LogP contribution in [0.5, 0.6) is 11.5 Å². The molecule has 0 radical (unpaired) electrons. The lowest BCUT2D eigenvalue weighted by Gasteiger charge is -2.19. The van der Waals surface area contributed by atoms with Crippen molar-refractivity contribution in [1.29, 1.82) is 0 Å². The fourth-order valence-corrected chi connectivity index (χ4v) is 3.38. The number of amides is 1. The summed E-state index contributed by atoms with van der Waals surface area (Å²) in [6.07, 6.45) is 3.22. The maximum absolute atomic E-state index is 12.8. The molecule has 4 aromatic rings. The lowest BCUT2D eigenvalue weighted by atomic mass is 10.1. The number of ether oxygens (including phenoxy) is 2. The Bertz CT molecular complexity index is 1290. The summed E-state index contributed by atoms with van der Waals surface area (Å²) in [7, 11) is 0. The average Bonchev–Trinajstić information content (AvgIpc) is 3.22. The zero-order chi connectivity index (χ0) is 20.5. The maximum atomic E-state index is 12.8. The van der Waals surface area contributed by atoms with E-state index in [1.807, 2.05) is 30.3 Å². The zero-order valence-corrected chi connectivity index (χ0v) is 15.9. The monoisotopic (exact) mass is 402 g/mol. The van der Waals surface area contributed by atoms with Gasteiger partial charge in [-0.05, 0) is 18.2 Å². The van der Waals surface area contributed by atoms with Crippen LogP contribution in [0, 0.1) is 0 Å². The highest BCUT2D eigenvalue weighted by Gasteiger charge is 2.14. The molecule has 150 valence electrons. The molecule has 0 unspecified atom stereocenters. The van der Waals surface area contributed by atoms with E-state index in [-0.39, 0.29) is 18.0 Å². The second-order valence-corrected chi connectivity index (χ2v) is 6.86. The number of nitrogens with zero attached hydrogens (tertiary/aromatic N) is 3. The predicted molar refractivity (Wildman–Crippen MR) is 111 cm³/mol. The van der Waals surface area contributed by atoms with Gasteiger partial charge in [-0.1, -0.05) is 30.3 Å². The van der Waals surface area contributed by atoms with Crippen LogP contribution in [0.2, 0.25) is 0 Å². The van der Waals surface area contributed by atoms with E-state index in [4.69, 9.17) is 9.47 Å². The van der Waals surface area contributed by atoms with Crippen LogP contribution in [0.1, 0.15) is 0 Å². The van der Waals surface area contributed by atoms with Crippen LogP contribution >= 0.6 is 0 Å². The van der Waals surface area contributed by atoms with Gasteiger partial charge in [-0.25, -0.2) is 4.52 Å². The van der Waals surface area contributed by atoms with Crippen molar-refractivity contribution in [3.8, 4) is 22.8 Å². The summed E-state index contributed by atoms with van der Waals surface area (Å²) in [5.74, 6) is 0.919. The number of hydrogen-bond donors (Lipinski definition) is 1. The summed E-state index contributed by atoms with van der Waals surface area (Å²) in [4.78, 5) is 25.3. The minimum absolute atomic E-state index is 0.115. The largest absolute Gasteiger partial charge is 0.486 e. The molecular formula is C22H18N4O4. The number of carbonyl (C=O) groups is 1. The second kappa shape index (κ2) is 7.40. The molecule has 0 saturated carbocycles. The van der Waals surface area contributed by atoms with E-state index in [0.29, 0.717) is 41.6 Å². The Labute approximate surface area is 171 Å². The number of aromatic nitrogens is 3. The molecule has 3 heterocycles. The second-order valence-electron chi connectivity index (χ2n) is 6.86. The standard InChI is InChI=1S/C22H18N4O4/c27-21(23-16-6-7-19-20(12-16)30-11-10-29-19)14-25-8-9-26-18(22(25)28)13-17(24-26)15-4-2-1-3-5-15/h1-9,12-13H,10-11,14H2,(H,23,27). The molecule has 2 aromatic carbocycles. The highest BCUT2D eigenvalue weighted by molar-refractivity contribution is 5.91. The highest BCUT2D eigenvalue weighted by Crippen LogP contribution is 2.32. The van der Waals surface area contributed by atoms with Crippen molar-refractivity contribution in [1.82, 2.24) is 14.2 Å². The van der Waals surface area contributed by atoms with Gasteiger partial charge in [-0.3, -0.25) is 9.59 Å². The summed E-state index contributed by atoms with van der Waals surface area (Å²) in [5.41, 5.74) is 2.32. The lowest BCUT2D eigenvalue weighted by Crippen LogP contribution is -2.28. The van der Waals surface area contributed by atoms with E-state index in [2.05, 4.69) is 10.4 Å². The third-order valence-electron chi connectivity index (χ3n) is 4.81. The predicted octanol–water partition coefficient (Wildman–Crippen LogP) is 2.57. The number of anilines is 1. The van der Waals surface area contributed by atoms with Gasteiger partial charge in [0.15, 0.2) is 11.5 Å². The van der Waals surface area contributed by atoms with Crippen LogP contribution in [0.25, 0.3) is 16.8 Å². The summed E-state index contributed by atoms with van der Waals surface area (Å²) in [5, 5.41) is 7.24. The van der Waals surface area contributed by atoms with Gasteiger partial charge in [0, 0.05) is 29.7 Å². The molecule has 0 atom stereocenters. The fourth-order valence-electron chi connectivity index (χ4n) is 3.38. The minimum atomic E-state index is -0.319. The SMILES string of the molecule is O=C(Cn1ccn2nc(-c3ccccc3)cc2c1=O)Nc1ccc2c(c1)OCCO2. The Morgan fingerprint density at radius 1 is 1.00 bits per heavy atom. The molecule has 8 nitrogen and oxygen atoms in total. The fraction of sp³-hybridized carbons (Fsp3) is 0.136. The Kier molecular flexibility index (Phi) is 4.44. The molecule has 0 aliphatic carbocycles. The maximum Gasteiger partial charge on any atom is 0.277 e. The number of fused-ring (bicyclic) bond motifs is 2. The molecule has 0 bridgehead atoms. The molecule has 30 heavy (non-hydrogen) atoms.